The van der Waals surface area contributed by atoms with Crippen molar-refractivity contribution < 1.29 is 4.79 Å². The van der Waals surface area contributed by atoms with Crippen molar-refractivity contribution in [1.29, 1.82) is 0 Å². The Bertz CT molecular complexity index is 416. The molecule has 2 rings (SSSR count). The number of amides is 1. The lowest BCUT2D eigenvalue weighted by molar-refractivity contribution is -0.127. The van der Waals surface area contributed by atoms with Gasteiger partial charge in [-0.25, -0.2) is 0 Å². The maximum atomic E-state index is 12.6. The van der Waals surface area contributed by atoms with Crippen molar-refractivity contribution in [2.75, 3.05) is 18.4 Å². The molecular formula is C15H23N3O. The zero-order valence-corrected chi connectivity index (χ0v) is 11.8. The summed E-state index contributed by atoms with van der Waals surface area (Å²) < 4.78 is 0. The molecule has 1 fully saturated rings. The Morgan fingerprint density at radius 2 is 2.16 bits per heavy atom. The number of hydrogen-bond acceptors (Lipinski definition) is 3. The van der Waals surface area contributed by atoms with Crippen LogP contribution in [0.2, 0.25) is 0 Å². The van der Waals surface area contributed by atoms with E-state index in [0.717, 1.165) is 50.2 Å². The van der Waals surface area contributed by atoms with Gasteiger partial charge in [-0.15, -0.1) is 0 Å². The number of hydrogen-bond donors (Lipinski definition) is 2. The molecule has 0 aromatic carbocycles. The largest absolute Gasteiger partial charge is 0.324 e. The minimum atomic E-state index is -0.203. The average molecular weight is 261 g/mol. The Morgan fingerprint density at radius 1 is 1.42 bits per heavy atom. The third-order valence-electron chi connectivity index (χ3n) is 3.94. The molecule has 0 bridgehead atoms. The van der Waals surface area contributed by atoms with Crippen LogP contribution in [-0.4, -0.2) is 24.0 Å². The summed E-state index contributed by atoms with van der Waals surface area (Å²) in [6.07, 6.45) is 5.57. The van der Waals surface area contributed by atoms with E-state index in [-0.39, 0.29) is 11.3 Å². The fraction of sp³-hybridized carbons (Fsp3) is 0.600. The lowest BCUT2D eigenvalue weighted by Crippen LogP contribution is -2.44. The van der Waals surface area contributed by atoms with Crippen LogP contribution in [0.3, 0.4) is 0 Å². The van der Waals surface area contributed by atoms with E-state index in [0.29, 0.717) is 0 Å². The van der Waals surface area contributed by atoms with E-state index in [2.05, 4.69) is 22.5 Å². The topological polar surface area (TPSA) is 54.0 Å². The second kappa shape index (κ2) is 6.15. The van der Waals surface area contributed by atoms with Gasteiger partial charge < -0.3 is 10.6 Å². The fourth-order valence-electron chi connectivity index (χ4n) is 2.78. The molecule has 1 aliphatic heterocycles. The molecule has 2 heterocycles. The van der Waals surface area contributed by atoms with Crippen molar-refractivity contribution in [3.8, 4) is 0 Å². The van der Waals surface area contributed by atoms with Crippen molar-refractivity contribution in [1.82, 2.24) is 10.3 Å². The van der Waals surface area contributed by atoms with Gasteiger partial charge in [-0.05, 0) is 51.4 Å². The number of rotatable bonds is 4. The molecule has 0 spiro atoms. The number of pyridine rings is 1. The molecule has 1 aromatic heterocycles. The van der Waals surface area contributed by atoms with Gasteiger partial charge in [0.05, 0.1) is 17.3 Å². The van der Waals surface area contributed by atoms with E-state index >= 15 is 0 Å². The van der Waals surface area contributed by atoms with Crippen LogP contribution in [0.1, 0.15) is 38.3 Å². The number of anilines is 1. The molecule has 0 aliphatic carbocycles. The van der Waals surface area contributed by atoms with Crippen molar-refractivity contribution >= 4 is 11.6 Å². The predicted molar refractivity (Wildman–Crippen MR) is 77.0 cm³/mol. The highest BCUT2D eigenvalue weighted by atomic mass is 16.2. The molecule has 1 aromatic rings. The first kappa shape index (κ1) is 14.0. The van der Waals surface area contributed by atoms with E-state index in [4.69, 9.17) is 0 Å². The molecule has 1 amide bonds. The lowest BCUT2D eigenvalue weighted by Gasteiger charge is -2.36. The quantitative estimate of drug-likeness (QED) is 0.875. The highest BCUT2D eigenvalue weighted by molar-refractivity contribution is 5.95. The van der Waals surface area contributed by atoms with Gasteiger partial charge in [-0.1, -0.05) is 13.3 Å². The lowest BCUT2D eigenvalue weighted by atomic mass is 9.74. The zero-order chi connectivity index (χ0) is 13.7. The number of carbonyl (C=O) groups excluding carboxylic acids is 1. The molecule has 1 aliphatic rings. The maximum absolute atomic E-state index is 12.6. The predicted octanol–water partition coefficient (Wildman–Crippen LogP) is 2.50. The van der Waals surface area contributed by atoms with Crippen molar-refractivity contribution in [2.24, 2.45) is 5.41 Å². The molecule has 104 valence electrons. The van der Waals surface area contributed by atoms with Crippen LogP contribution in [0.4, 0.5) is 5.69 Å². The van der Waals surface area contributed by atoms with Gasteiger partial charge in [0.1, 0.15) is 0 Å². The molecule has 0 saturated carbocycles. The van der Waals surface area contributed by atoms with E-state index < -0.39 is 0 Å². The monoisotopic (exact) mass is 261 g/mol. The van der Waals surface area contributed by atoms with Crippen molar-refractivity contribution in [3.05, 3.63) is 24.0 Å². The highest BCUT2D eigenvalue weighted by Crippen LogP contribution is 2.35. The first-order valence-electron chi connectivity index (χ1n) is 7.11. The minimum Gasteiger partial charge on any atom is -0.324 e. The van der Waals surface area contributed by atoms with Gasteiger partial charge in [0.25, 0.3) is 0 Å². The standard InChI is InChI=1S/C15H23N3O/c1-3-6-15(7-9-16-10-8-15)14(19)18-13-5-4-12(2)17-11-13/h4-5,11,16H,3,6-10H2,1-2H3,(H,18,19). The first-order valence-corrected chi connectivity index (χ1v) is 7.11. The summed E-state index contributed by atoms with van der Waals surface area (Å²) in [4.78, 5) is 16.8. The first-order chi connectivity index (χ1) is 9.16. The van der Waals surface area contributed by atoms with Crippen LogP contribution in [0.15, 0.2) is 18.3 Å². The van der Waals surface area contributed by atoms with Crippen molar-refractivity contribution in [2.45, 2.75) is 39.5 Å². The van der Waals surface area contributed by atoms with Gasteiger partial charge >= 0.3 is 0 Å². The molecular weight excluding hydrogens is 238 g/mol. The Labute approximate surface area is 115 Å². The van der Waals surface area contributed by atoms with Gasteiger partial charge in [-0.2, -0.15) is 0 Å². The minimum absolute atomic E-state index is 0.154. The summed E-state index contributed by atoms with van der Waals surface area (Å²) >= 11 is 0. The van der Waals surface area contributed by atoms with E-state index in [9.17, 15) is 4.79 Å². The summed E-state index contributed by atoms with van der Waals surface area (Å²) in [5.41, 5.74) is 1.55. The number of aromatic nitrogens is 1. The van der Waals surface area contributed by atoms with Crippen LogP contribution in [0.5, 0.6) is 0 Å². The maximum Gasteiger partial charge on any atom is 0.230 e. The number of nitrogens with one attached hydrogen (secondary N) is 2. The third-order valence-corrected chi connectivity index (χ3v) is 3.94. The second-order valence-corrected chi connectivity index (χ2v) is 5.42. The van der Waals surface area contributed by atoms with Crippen LogP contribution >= 0.6 is 0 Å². The third kappa shape index (κ3) is 3.32. The number of aryl methyl sites for hydroxylation is 1. The summed E-state index contributed by atoms with van der Waals surface area (Å²) in [6.45, 7) is 5.95. The number of piperidine rings is 1. The zero-order valence-electron chi connectivity index (χ0n) is 11.8. The Morgan fingerprint density at radius 3 is 2.74 bits per heavy atom. The van der Waals surface area contributed by atoms with Gasteiger partial charge in [0.2, 0.25) is 5.91 Å². The van der Waals surface area contributed by atoms with E-state index in [1.807, 2.05) is 19.1 Å². The Kier molecular flexibility index (Phi) is 4.53. The SMILES string of the molecule is CCCC1(C(=O)Nc2ccc(C)nc2)CCNCC1. The van der Waals surface area contributed by atoms with Gasteiger partial charge in [0, 0.05) is 5.69 Å². The van der Waals surface area contributed by atoms with Crippen LogP contribution < -0.4 is 10.6 Å². The van der Waals surface area contributed by atoms with Gasteiger partial charge in [-0.3, -0.25) is 9.78 Å². The summed E-state index contributed by atoms with van der Waals surface area (Å²) in [5, 5.41) is 6.37. The molecule has 1 saturated heterocycles. The molecule has 4 nitrogen and oxygen atoms in total. The number of nitrogens with zero attached hydrogens (tertiary/aromatic N) is 1. The molecule has 2 N–H and O–H groups in total. The van der Waals surface area contributed by atoms with E-state index in [1.165, 1.54) is 0 Å². The Balaban J connectivity index is 2.09. The highest BCUT2D eigenvalue weighted by Gasteiger charge is 2.38. The molecule has 19 heavy (non-hydrogen) atoms. The smallest absolute Gasteiger partial charge is 0.230 e. The normalized spacial score (nSPS) is 18.0. The summed E-state index contributed by atoms with van der Waals surface area (Å²) in [6, 6.07) is 3.84. The fourth-order valence-corrected chi connectivity index (χ4v) is 2.78. The molecule has 4 heteroatoms. The van der Waals surface area contributed by atoms with Crippen LogP contribution in [-0.2, 0) is 4.79 Å². The van der Waals surface area contributed by atoms with Gasteiger partial charge in [0.15, 0.2) is 0 Å². The summed E-state index contributed by atoms with van der Waals surface area (Å²) in [7, 11) is 0. The summed E-state index contributed by atoms with van der Waals surface area (Å²) in [5.74, 6) is 0.154. The Hall–Kier alpha value is -1.42. The number of carbonyl (C=O) groups is 1. The average Bonchev–Trinajstić information content (AvgIpc) is 2.43. The van der Waals surface area contributed by atoms with E-state index in [1.54, 1.807) is 6.20 Å². The van der Waals surface area contributed by atoms with Crippen LogP contribution in [0.25, 0.3) is 0 Å². The van der Waals surface area contributed by atoms with Crippen molar-refractivity contribution in [3.63, 3.8) is 0 Å². The van der Waals surface area contributed by atoms with Crippen LogP contribution in [0, 0.1) is 12.3 Å². The molecule has 0 unspecified atom stereocenters. The molecule has 0 atom stereocenters. The second-order valence-electron chi connectivity index (χ2n) is 5.42. The molecule has 0 radical (unpaired) electrons.